The van der Waals surface area contributed by atoms with Gasteiger partial charge in [-0.3, -0.25) is 9.59 Å². The van der Waals surface area contributed by atoms with E-state index < -0.39 is 6.04 Å². The molecule has 2 amide bonds. The third kappa shape index (κ3) is 8.38. The number of methoxy groups -OCH3 is 1. The highest BCUT2D eigenvalue weighted by Crippen LogP contribution is 2.21. The van der Waals surface area contributed by atoms with Crippen LogP contribution in [0, 0.1) is 13.8 Å². The van der Waals surface area contributed by atoms with Crippen LogP contribution in [0.15, 0.2) is 72.8 Å². The Hall–Kier alpha value is -3.80. The first-order chi connectivity index (χ1) is 17.9. The van der Waals surface area contributed by atoms with Crippen molar-refractivity contribution in [2.75, 3.05) is 20.3 Å². The second kappa shape index (κ2) is 14.1. The number of ether oxygens (including phenoxy) is 2. The minimum Gasteiger partial charge on any atom is -0.497 e. The predicted octanol–water partition coefficient (Wildman–Crippen LogP) is 5.25. The van der Waals surface area contributed by atoms with Gasteiger partial charge in [0.1, 0.15) is 17.5 Å². The molecule has 3 aromatic carbocycles. The molecule has 3 rings (SSSR count). The van der Waals surface area contributed by atoms with Crippen LogP contribution in [0.5, 0.6) is 11.5 Å². The van der Waals surface area contributed by atoms with Gasteiger partial charge in [-0.05, 0) is 60.7 Å². The number of amides is 2. The Labute approximate surface area is 220 Å². The Morgan fingerprint density at radius 2 is 1.70 bits per heavy atom. The normalized spacial score (nSPS) is 11.5. The van der Waals surface area contributed by atoms with Gasteiger partial charge in [0, 0.05) is 19.5 Å². The second-order valence-corrected chi connectivity index (χ2v) is 9.28. The maximum atomic E-state index is 13.7. The molecule has 1 atom stereocenters. The Balaban J connectivity index is 1.92. The largest absolute Gasteiger partial charge is 0.497 e. The van der Waals surface area contributed by atoms with Crippen LogP contribution < -0.4 is 14.8 Å². The maximum Gasteiger partial charge on any atom is 0.261 e. The van der Waals surface area contributed by atoms with Crippen molar-refractivity contribution in [1.29, 1.82) is 0 Å². The van der Waals surface area contributed by atoms with Gasteiger partial charge in [0.25, 0.3) is 5.91 Å². The summed E-state index contributed by atoms with van der Waals surface area (Å²) in [5.74, 6) is 0.945. The van der Waals surface area contributed by atoms with Crippen molar-refractivity contribution < 1.29 is 19.1 Å². The summed E-state index contributed by atoms with van der Waals surface area (Å²) in [6.07, 6.45) is 2.25. The minimum absolute atomic E-state index is 0.165. The zero-order valence-corrected chi connectivity index (χ0v) is 22.3. The van der Waals surface area contributed by atoms with Crippen LogP contribution in [0.2, 0.25) is 0 Å². The van der Waals surface area contributed by atoms with Crippen LogP contribution in [0.4, 0.5) is 0 Å². The molecule has 0 saturated heterocycles. The van der Waals surface area contributed by atoms with Crippen molar-refractivity contribution in [3.8, 4) is 11.5 Å². The Morgan fingerprint density at radius 1 is 0.946 bits per heavy atom. The Bertz CT molecular complexity index is 1160. The summed E-state index contributed by atoms with van der Waals surface area (Å²) in [5.41, 5.74) is 3.87. The van der Waals surface area contributed by atoms with E-state index in [9.17, 15) is 9.59 Å². The van der Waals surface area contributed by atoms with Crippen molar-refractivity contribution in [3.63, 3.8) is 0 Å². The smallest absolute Gasteiger partial charge is 0.261 e. The van der Waals surface area contributed by atoms with E-state index in [4.69, 9.17) is 9.47 Å². The number of unbranched alkanes of at least 4 members (excludes halogenated alkanes) is 1. The molecule has 0 saturated carbocycles. The van der Waals surface area contributed by atoms with Gasteiger partial charge in [-0.1, -0.05) is 67.9 Å². The van der Waals surface area contributed by atoms with E-state index in [1.807, 2.05) is 86.6 Å². The van der Waals surface area contributed by atoms with E-state index in [-0.39, 0.29) is 25.0 Å². The predicted molar refractivity (Wildman–Crippen MR) is 147 cm³/mol. The number of nitrogens with one attached hydrogen (secondary N) is 1. The molecule has 0 radical (unpaired) electrons. The quantitative estimate of drug-likeness (QED) is 0.324. The topological polar surface area (TPSA) is 67.9 Å². The highest BCUT2D eigenvalue weighted by atomic mass is 16.5. The van der Waals surface area contributed by atoms with Crippen molar-refractivity contribution in [3.05, 3.63) is 95.1 Å². The molecule has 0 aliphatic heterocycles. The van der Waals surface area contributed by atoms with Crippen LogP contribution in [-0.2, 0) is 22.6 Å². The SMILES string of the molecule is CCCCNC(=O)C(Cc1ccccc1)N(Cc1cccc(OC)c1)C(=O)COc1cc(C)ccc1C. The van der Waals surface area contributed by atoms with Crippen LogP contribution >= 0.6 is 0 Å². The number of benzene rings is 3. The lowest BCUT2D eigenvalue weighted by atomic mass is 10.0. The Kier molecular flexibility index (Phi) is 10.6. The lowest BCUT2D eigenvalue weighted by Gasteiger charge is -2.31. The fourth-order valence-electron chi connectivity index (χ4n) is 4.11. The van der Waals surface area contributed by atoms with E-state index in [2.05, 4.69) is 12.2 Å². The lowest BCUT2D eigenvalue weighted by Crippen LogP contribution is -2.51. The Morgan fingerprint density at radius 3 is 2.43 bits per heavy atom. The molecule has 0 heterocycles. The fourth-order valence-corrected chi connectivity index (χ4v) is 4.11. The molecule has 6 nitrogen and oxygen atoms in total. The zero-order chi connectivity index (χ0) is 26.6. The van der Waals surface area contributed by atoms with Gasteiger partial charge in [0.2, 0.25) is 5.91 Å². The van der Waals surface area contributed by atoms with Crippen LogP contribution in [0.3, 0.4) is 0 Å². The number of rotatable bonds is 13. The summed E-state index contributed by atoms with van der Waals surface area (Å²) in [6.45, 7) is 6.68. The number of aryl methyl sites for hydroxylation is 2. The highest BCUT2D eigenvalue weighted by Gasteiger charge is 2.30. The molecule has 0 aromatic heterocycles. The van der Waals surface area contributed by atoms with E-state index in [1.165, 1.54) is 0 Å². The van der Waals surface area contributed by atoms with Crippen molar-refractivity contribution in [1.82, 2.24) is 10.2 Å². The van der Waals surface area contributed by atoms with Gasteiger partial charge in [-0.2, -0.15) is 0 Å². The lowest BCUT2D eigenvalue weighted by molar-refractivity contribution is -0.142. The van der Waals surface area contributed by atoms with Crippen molar-refractivity contribution in [2.45, 2.75) is 52.6 Å². The average molecular weight is 503 g/mol. The van der Waals surface area contributed by atoms with E-state index >= 15 is 0 Å². The van der Waals surface area contributed by atoms with Crippen molar-refractivity contribution in [2.24, 2.45) is 0 Å². The number of nitrogens with zero attached hydrogens (tertiary/aromatic N) is 1. The van der Waals surface area contributed by atoms with Crippen LogP contribution in [-0.4, -0.2) is 43.0 Å². The van der Waals surface area contributed by atoms with E-state index in [0.29, 0.717) is 24.5 Å². The van der Waals surface area contributed by atoms with Gasteiger partial charge in [-0.15, -0.1) is 0 Å². The number of carbonyl (C=O) groups is 2. The summed E-state index contributed by atoms with van der Waals surface area (Å²) in [5, 5.41) is 3.04. The molecule has 1 unspecified atom stereocenters. The third-order valence-corrected chi connectivity index (χ3v) is 6.28. The molecular weight excluding hydrogens is 464 g/mol. The van der Waals surface area contributed by atoms with Crippen molar-refractivity contribution >= 4 is 11.8 Å². The molecule has 37 heavy (non-hydrogen) atoms. The first-order valence-corrected chi connectivity index (χ1v) is 12.8. The molecule has 0 aliphatic rings. The second-order valence-electron chi connectivity index (χ2n) is 9.28. The molecule has 0 aliphatic carbocycles. The highest BCUT2D eigenvalue weighted by molar-refractivity contribution is 5.88. The first kappa shape index (κ1) is 27.8. The first-order valence-electron chi connectivity index (χ1n) is 12.8. The summed E-state index contributed by atoms with van der Waals surface area (Å²) >= 11 is 0. The third-order valence-electron chi connectivity index (χ3n) is 6.28. The summed E-state index contributed by atoms with van der Waals surface area (Å²) in [6, 6.07) is 22.6. The summed E-state index contributed by atoms with van der Waals surface area (Å²) in [4.78, 5) is 28.8. The molecule has 1 N–H and O–H groups in total. The van der Waals surface area contributed by atoms with Gasteiger partial charge >= 0.3 is 0 Å². The van der Waals surface area contributed by atoms with Gasteiger partial charge < -0.3 is 19.7 Å². The zero-order valence-electron chi connectivity index (χ0n) is 22.3. The standard InChI is InChI=1S/C31H38N2O4/c1-5-6-17-32-31(35)28(20-25-11-8-7-9-12-25)33(21-26-13-10-14-27(19-26)36-4)30(34)22-37-29-18-23(2)15-16-24(29)3/h7-16,18-19,28H,5-6,17,20-22H2,1-4H3,(H,32,35). The molecule has 6 heteroatoms. The minimum atomic E-state index is -0.694. The summed E-state index contributed by atoms with van der Waals surface area (Å²) in [7, 11) is 1.61. The van der Waals surface area contributed by atoms with Gasteiger partial charge in [0.05, 0.1) is 7.11 Å². The van der Waals surface area contributed by atoms with Gasteiger partial charge in [0.15, 0.2) is 6.61 Å². The van der Waals surface area contributed by atoms with Gasteiger partial charge in [-0.25, -0.2) is 0 Å². The summed E-state index contributed by atoms with van der Waals surface area (Å²) < 4.78 is 11.4. The monoisotopic (exact) mass is 502 g/mol. The van der Waals surface area contributed by atoms with Crippen LogP contribution in [0.1, 0.15) is 42.0 Å². The molecular formula is C31H38N2O4. The average Bonchev–Trinajstić information content (AvgIpc) is 2.91. The fraction of sp³-hybridized carbons (Fsp3) is 0.355. The van der Waals surface area contributed by atoms with E-state index in [0.717, 1.165) is 35.1 Å². The van der Waals surface area contributed by atoms with E-state index in [1.54, 1.807) is 12.0 Å². The number of hydrogen-bond acceptors (Lipinski definition) is 4. The number of hydrogen-bond donors (Lipinski definition) is 1. The van der Waals surface area contributed by atoms with Crippen LogP contribution in [0.25, 0.3) is 0 Å². The maximum absolute atomic E-state index is 13.7. The molecule has 0 fully saturated rings. The molecule has 0 bridgehead atoms. The number of carbonyl (C=O) groups excluding carboxylic acids is 2. The molecule has 0 spiro atoms. The molecule has 3 aromatic rings. The molecule has 196 valence electrons.